The Morgan fingerprint density at radius 2 is 2.21 bits per heavy atom. The number of thiazole rings is 1. The molecular weight excluding hydrogens is 305 g/mol. The van der Waals surface area contributed by atoms with Crippen LogP contribution in [0.25, 0.3) is 0 Å². The third-order valence-corrected chi connectivity index (χ3v) is 4.15. The van der Waals surface area contributed by atoms with E-state index in [-0.39, 0.29) is 42.7 Å². The molecule has 2 unspecified atom stereocenters. The molecule has 2 N–H and O–H groups in total. The first-order chi connectivity index (χ1) is 8.08. The van der Waals surface area contributed by atoms with Crippen molar-refractivity contribution < 1.29 is 4.79 Å². The van der Waals surface area contributed by atoms with Gasteiger partial charge in [0.05, 0.1) is 23.2 Å². The van der Waals surface area contributed by atoms with Gasteiger partial charge in [-0.25, -0.2) is 4.98 Å². The van der Waals surface area contributed by atoms with E-state index in [0.717, 1.165) is 30.0 Å². The van der Waals surface area contributed by atoms with Crippen molar-refractivity contribution in [3.63, 3.8) is 0 Å². The first-order valence-electron chi connectivity index (χ1n) is 5.99. The van der Waals surface area contributed by atoms with E-state index in [1.54, 1.807) is 16.2 Å². The monoisotopic (exact) mass is 325 g/mol. The van der Waals surface area contributed by atoms with Gasteiger partial charge < -0.3 is 10.6 Å². The number of rotatable bonds is 3. The molecule has 0 spiro atoms. The summed E-state index contributed by atoms with van der Waals surface area (Å²) in [6.07, 6.45) is 2.97. The molecule has 2 atom stereocenters. The summed E-state index contributed by atoms with van der Waals surface area (Å²) in [6.45, 7) is 2.56. The van der Waals surface area contributed by atoms with Gasteiger partial charge in [-0.1, -0.05) is 6.42 Å². The fourth-order valence-electron chi connectivity index (χ4n) is 2.38. The Kier molecular flexibility index (Phi) is 7.89. The summed E-state index contributed by atoms with van der Waals surface area (Å²) in [6, 6.07) is 0.0436. The number of aryl methyl sites for hydroxylation is 1. The van der Waals surface area contributed by atoms with E-state index in [2.05, 4.69) is 4.98 Å². The molecule has 1 aliphatic carbocycles. The van der Waals surface area contributed by atoms with Crippen LogP contribution in [0.3, 0.4) is 0 Å². The van der Waals surface area contributed by atoms with Gasteiger partial charge in [0.1, 0.15) is 0 Å². The van der Waals surface area contributed by atoms with Crippen LogP contribution >= 0.6 is 36.2 Å². The lowest BCUT2D eigenvalue weighted by atomic mass is 10.0. The average molecular weight is 326 g/mol. The van der Waals surface area contributed by atoms with Crippen molar-refractivity contribution >= 4 is 42.1 Å². The van der Waals surface area contributed by atoms with E-state index in [1.165, 1.54) is 0 Å². The molecule has 0 aromatic carbocycles. The van der Waals surface area contributed by atoms with Crippen LogP contribution in [0.1, 0.15) is 30.0 Å². The lowest BCUT2D eigenvalue weighted by Gasteiger charge is -2.22. The van der Waals surface area contributed by atoms with Crippen molar-refractivity contribution in [3.8, 4) is 0 Å². The lowest BCUT2D eigenvalue weighted by molar-refractivity contribution is -0.134. The minimum Gasteiger partial charge on any atom is -0.340 e. The molecule has 4 nitrogen and oxygen atoms in total. The van der Waals surface area contributed by atoms with Crippen LogP contribution in [0, 0.1) is 12.8 Å². The third kappa shape index (κ3) is 4.60. The van der Waals surface area contributed by atoms with Crippen LogP contribution in [-0.2, 0) is 11.3 Å². The fraction of sp³-hybridized carbons (Fsp3) is 0.667. The minimum atomic E-state index is 0. The fourth-order valence-corrected chi connectivity index (χ4v) is 2.98. The second-order valence-corrected chi connectivity index (χ2v) is 5.82. The SMILES string of the molecule is Cc1nc(CN(C)C(=O)C2CCCC2N)cs1.Cl.Cl. The van der Waals surface area contributed by atoms with Gasteiger partial charge >= 0.3 is 0 Å². The predicted octanol–water partition coefficient (Wildman–Crippen LogP) is 2.38. The molecule has 0 radical (unpaired) electrons. The molecule has 1 aromatic rings. The summed E-state index contributed by atoms with van der Waals surface area (Å²) < 4.78 is 0. The molecule has 1 aliphatic rings. The minimum absolute atomic E-state index is 0. The zero-order valence-corrected chi connectivity index (χ0v) is 13.6. The van der Waals surface area contributed by atoms with E-state index < -0.39 is 0 Å². The van der Waals surface area contributed by atoms with Crippen LogP contribution < -0.4 is 5.73 Å². The summed E-state index contributed by atoms with van der Waals surface area (Å²) in [5, 5.41) is 3.05. The second kappa shape index (κ2) is 8.04. The van der Waals surface area contributed by atoms with Crippen molar-refractivity contribution in [2.24, 2.45) is 11.7 Å². The van der Waals surface area contributed by atoms with Crippen LogP contribution in [-0.4, -0.2) is 28.9 Å². The summed E-state index contributed by atoms with van der Waals surface area (Å²) in [5.74, 6) is 0.181. The first kappa shape index (κ1) is 18.6. The molecule has 0 aliphatic heterocycles. The van der Waals surface area contributed by atoms with Crippen molar-refractivity contribution in [1.29, 1.82) is 0 Å². The van der Waals surface area contributed by atoms with Crippen molar-refractivity contribution in [2.75, 3.05) is 7.05 Å². The molecule has 1 heterocycles. The molecule has 1 fully saturated rings. The number of carbonyl (C=O) groups is 1. The Balaban J connectivity index is 0.00000162. The predicted molar refractivity (Wildman–Crippen MR) is 83.1 cm³/mol. The standard InChI is InChI=1S/C12H19N3OS.2ClH/c1-8-14-9(7-17-8)6-15(2)12(16)10-4-3-5-11(10)13;;/h7,10-11H,3-6,13H2,1-2H3;2*1H. The van der Waals surface area contributed by atoms with Crippen molar-refractivity contribution in [2.45, 2.75) is 38.8 Å². The zero-order valence-electron chi connectivity index (χ0n) is 11.2. The average Bonchev–Trinajstić information content (AvgIpc) is 2.86. The maximum Gasteiger partial charge on any atom is 0.227 e. The molecule has 0 saturated heterocycles. The number of carbonyl (C=O) groups excluding carboxylic acids is 1. The van der Waals surface area contributed by atoms with Crippen molar-refractivity contribution in [1.82, 2.24) is 9.88 Å². The summed E-state index contributed by atoms with van der Waals surface area (Å²) in [5.41, 5.74) is 6.92. The van der Waals surface area contributed by atoms with Gasteiger partial charge in [0.15, 0.2) is 0 Å². The second-order valence-electron chi connectivity index (χ2n) is 4.75. The van der Waals surface area contributed by atoms with E-state index >= 15 is 0 Å². The van der Waals surface area contributed by atoms with Gasteiger partial charge in [-0.15, -0.1) is 36.2 Å². The van der Waals surface area contributed by atoms with Gasteiger partial charge in [-0.2, -0.15) is 0 Å². The van der Waals surface area contributed by atoms with Crippen molar-refractivity contribution in [3.05, 3.63) is 16.1 Å². The highest BCUT2D eigenvalue weighted by Gasteiger charge is 2.32. The summed E-state index contributed by atoms with van der Waals surface area (Å²) in [4.78, 5) is 18.3. The molecular formula is C12H21Cl2N3OS. The molecule has 1 saturated carbocycles. The molecule has 1 amide bonds. The number of nitrogens with two attached hydrogens (primary N) is 1. The Bertz CT molecular complexity index is 413. The first-order valence-corrected chi connectivity index (χ1v) is 6.87. The van der Waals surface area contributed by atoms with Gasteiger partial charge in [0.2, 0.25) is 5.91 Å². The van der Waals surface area contributed by atoms with E-state index in [0.29, 0.717) is 6.54 Å². The number of amides is 1. The van der Waals surface area contributed by atoms with Gasteiger partial charge in [0.25, 0.3) is 0 Å². The maximum absolute atomic E-state index is 12.2. The quantitative estimate of drug-likeness (QED) is 0.928. The van der Waals surface area contributed by atoms with Crippen LogP contribution in [0.2, 0.25) is 0 Å². The van der Waals surface area contributed by atoms with Crippen LogP contribution in [0.4, 0.5) is 0 Å². The van der Waals surface area contributed by atoms with Gasteiger partial charge in [-0.3, -0.25) is 4.79 Å². The zero-order chi connectivity index (χ0) is 12.4. The maximum atomic E-state index is 12.2. The molecule has 0 bridgehead atoms. The highest BCUT2D eigenvalue weighted by molar-refractivity contribution is 7.09. The summed E-state index contributed by atoms with van der Waals surface area (Å²) in [7, 11) is 1.84. The third-order valence-electron chi connectivity index (χ3n) is 3.33. The number of halogens is 2. The Morgan fingerprint density at radius 3 is 2.68 bits per heavy atom. The van der Waals surface area contributed by atoms with Crippen LogP contribution in [0.15, 0.2) is 5.38 Å². The Hall–Kier alpha value is -0.360. The molecule has 110 valence electrons. The number of aromatic nitrogens is 1. The Morgan fingerprint density at radius 1 is 1.53 bits per heavy atom. The highest BCUT2D eigenvalue weighted by Crippen LogP contribution is 2.26. The molecule has 2 rings (SSSR count). The summed E-state index contributed by atoms with van der Waals surface area (Å²) >= 11 is 1.62. The van der Waals surface area contributed by atoms with E-state index in [9.17, 15) is 4.79 Å². The van der Waals surface area contributed by atoms with E-state index in [1.807, 2.05) is 19.4 Å². The topological polar surface area (TPSA) is 59.2 Å². The van der Waals surface area contributed by atoms with Gasteiger partial charge in [0, 0.05) is 18.5 Å². The number of hydrogen-bond donors (Lipinski definition) is 1. The van der Waals surface area contributed by atoms with E-state index in [4.69, 9.17) is 5.73 Å². The number of hydrogen-bond acceptors (Lipinski definition) is 4. The highest BCUT2D eigenvalue weighted by atomic mass is 35.5. The molecule has 19 heavy (non-hydrogen) atoms. The smallest absolute Gasteiger partial charge is 0.227 e. The largest absolute Gasteiger partial charge is 0.340 e. The Labute approximate surface area is 130 Å². The normalized spacial score (nSPS) is 21.4. The van der Waals surface area contributed by atoms with Gasteiger partial charge in [-0.05, 0) is 19.8 Å². The molecule has 7 heteroatoms. The lowest BCUT2D eigenvalue weighted by Crippen LogP contribution is -2.39. The molecule has 1 aromatic heterocycles. The number of nitrogens with zero attached hydrogens (tertiary/aromatic N) is 2. The van der Waals surface area contributed by atoms with Crippen LogP contribution in [0.5, 0.6) is 0 Å².